The van der Waals surface area contributed by atoms with E-state index in [9.17, 15) is 0 Å². The summed E-state index contributed by atoms with van der Waals surface area (Å²) in [6.07, 6.45) is 0. The minimum Gasteiger partial charge on any atom is -0.490 e. The summed E-state index contributed by atoms with van der Waals surface area (Å²) in [7, 11) is 0. The Labute approximate surface area is 106 Å². The van der Waals surface area contributed by atoms with E-state index >= 15 is 0 Å². The predicted octanol–water partition coefficient (Wildman–Crippen LogP) is 2.90. The Kier molecular flexibility index (Phi) is 3.63. The van der Waals surface area contributed by atoms with Gasteiger partial charge in [-0.15, -0.1) is 0 Å². The number of aromatic nitrogens is 1. The molecule has 0 aliphatic rings. The van der Waals surface area contributed by atoms with E-state index in [1.165, 1.54) is 0 Å². The van der Waals surface area contributed by atoms with Gasteiger partial charge in [0.1, 0.15) is 11.8 Å². The van der Waals surface area contributed by atoms with Crippen LogP contribution in [-0.4, -0.2) is 18.2 Å². The van der Waals surface area contributed by atoms with Crippen LogP contribution in [0, 0.1) is 11.3 Å². The fourth-order valence-electron chi connectivity index (χ4n) is 1.73. The number of benzene rings is 1. The zero-order valence-corrected chi connectivity index (χ0v) is 10.4. The Balaban J connectivity index is 2.57. The van der Waals surface area contributed by atoms with Gasteiger partial charge in [0, 0.05) is 11.5 Å². The Morgan fingerprint density at radius 2 is 1.78 bits per heavy atom. The van der Waals surface area contributed by atoms with Gasteiger partial charge in [-0.05, 0) is 32.0 Å². The zero-order chi connectivity index (χ0) is 13.0. The molecule has 0 N–H and O–H groups in total. The lowest BCUT2D eigenvalue weighted by Crippen LogP contribution is -1.99. The number of nitriles is 1. The van der Waals surface area contributed by atoms with Gasteiger partial charge in [-0.1, -0.05) is 0 Å². The highest BCUT2D eigenvalue weighted by atomic mass is 16.5. The molecule has 0 fully saturated rings. The molecule has 92 valence electrons. The Morgan fingerprint density at radius 1 is 1.11 bits per heavy atom. The minimum atomic E-state index is 0.397. The van der Waals surface area contributed by atoms with E-state index in [-0.39, 0.29) is 0 Å². The molecule has 0 saturated carbocycles. The van der Waals surface area contributed by atoms with Crippen molar-refractivity contribution in [3.63, 3.8) is 0 Å². The van der Waals surface area contributed by atoms with Crippen LogP contribution < -0.4 is 9.47 Å². The highest BCUT2D eigenvalue weighted by molar-refractivity contribution is 5.83. The quantitative estimate of drug-likeness (QED) is 0.827. The molecule has 2 rings (SSSR count). The first-order chi connectivity index (χ1) is 8.78. The van der Waals surface area contributed by atoms with Crippen LogP contribution in [0.3, 0.4) is 0 Å². The molecule has 4 heteroatoms. The Hall–Kier alpha value is -2.28. The summed E-state index contributed by atoms with van der Waals surface area (Å²) in [6, 6.07) is 9.28. The summed E-state index contributed by atoms with van der Waals surface area (Å²) < 4.78 is 11.1. The van der Waals surface area contributed by atoms with Gasteiger partial charge < -0.3 is 9.47 Å². The van der Waals surface area contributed by atoms with Crippen molar-refractivity contribution in [3.05, 3.63) is 30.0 Å². The second-order valence-electron chi connectivity index (χ2n) is 3.67. The number of hydrogen-bond acceptors (Lipinski definition) is 4. The molecule has 0 unspecified atom stereocenters. The maximum Gasteiger partial charge on any atom is 0.163 e. The number of fused-ring (bicyclic) bond motifs is 1. The maximum atomic E-state index is 8.84. The first kappa shape index (κ1) is 12.2. The summed E-state index contributed by atoms with van der Waals surface area (Å²) in [6.45, 7) is 4.98. The predicted molar refractivity (Wildman–Crippen MR) is 68.8 cm³/mol. The lowest BCUT2D eigenvalue weighted by Gasteiger charge is -2.11. The van der Waals surface area contributed by atoms with Crippen LogP contribution in [-0.2, 0) is 0 Å². The van der Waals surface area contributed by atoms with E-state index < -0.39 is 0 Å². The number of hydrogen-bond donors (Lipinski definition) is 0. The minimum absolute atomic E-state index is 0.397. The van der Waals surface area contributed by atoms with Crippen molar-refractivity contribution < 1.29 is 9.47 Å². The smallest absolute Gasteiger partial charge is 0.163 e. The number of nitrogens with zero attached hydrogens (tertiary/aromatic N) is 2. The molecule has 1 heterocycles. The largest absolute Gasteiger partial charge is 0.490 e. The summed E-state index contributed by atoms with van der Waals surface area (Å²) in [5.74, 6) is 1.37. The van der Waals surface area contributed by atoms with Crippen LogP contribution in [0.4, 0.5) is 0 Å². The molecule has 0 atom stereocenters. The Morgan fingerprint density at radius 3 is 2.39 bits per heavy atom. The van der Waals surface area contributed by atoms with Crippen molar-refractivity contribution in [1.82, 2.24) is 4.98 Å². The standard InChI is InChI=1S/C14H14N2O2/c1-3-17-13-7-10-5-6-11(9-15)16-12(10)8-14(13)18-4-2/h5-8H,3-4H2,1-2H3. The van der Waals surface area contributed by atoms with Crippen LogP contribution in [0.5, 0.6) is 11.5 Å². The number of ether oxygens (including phenoxy) is 2. The van der Waals surface area contributed by atoms with E-state index in [4.69, 9.17) is 14.7 Å². The average molecular weight is 242 g/mol. The summed E-state index contributed by atoms with van der Waals surface area (Å²) >= 11 is 0. The summed E-state index contributed by atoms with van der Waals surface area (Å²) in [5.41, 5.74) is 1.13. The molecule has 0 aliphatic carbocycles. The second-order valence-corrected chi connectivity index (χ2v) is 3.67. The molecular weight excluding hydrogens is 228 g/mol. The van der Waals surface area contributed by atoms with Crippen molar-refractivity contribution in [1.29, 1.82) is 5.26 Å². The molecule has 0 amide bonds. The van der Waals surface area contributed by atoms with E-state index in [1.807, 2.05) is 38.1 Å². The van der Waals surface area contributed by atoms with Crippen molar-refractivity contribution in [2.45, 2.75) is 13.8 Å². The van der Waals surface area contributed by atoms with E-state index in [0.29, 0.717) is 30.4 Å². The monoisotopic (exact) mass is 242 g/mol. The highest BCUT2D eigenvalue weighted by Gasteiger charge is 2.08. The van der Waals surface area contributed by atoms with E-state index in [0.717, 1.165) is 10.9 Å². The highest BCUT2D eigenvalue weighted by Crippen LogP contribution is 2.32. The first-order valence-electron chi connectivity index (χ1n) is 5.89. The SMILES string of the molecule is CCOc1cc2ccc(C#N)nc2cc1OCC. The normalized spacial score (nSPS) is 10.1. The van der Waals surface area contributed by atoms with Crippen LogP contribution in [0.1, 0.15) is 19.5 Å². The molecule has 0 saturated heterocycles. The van der Waals surface area contributed by atoms with E-state index in [1.54, 1.807) is 6.07 Å². The van der Waals surface area contributed by atoms with Crippen molar-refractivity contribution in [2.75, 3.05) is 13.2 Å². The van der Waals surface area contributed by atoms with Crippen molar-refractivity contribution in [2.24, 2.45) is 0 Å². The van der Waals surface area contributed by atoms with Gasteiger partial charge in [-0.2, -0.15) is 5.26 Å². The molecule has 0 bridgehead atoms. The van der Waals surface area contributed by atoms with Crippen LogP contribution in [0.25, 0.3) is 10.9 Å². The average Bonchev–Trinajstić information content (AvgIpc) is 2.39. The molecule has 0 aliphatic heterocycles. The van der Waals surface area contributed by atoms with Crippen molar-refractivity contribution >= 4 is 10.9 Å². The fraction of sp³-hybridized carbons (Fsp3) is 0.286. The van der Waals surface area contributed by atoms with Gasteiger partial charge in [0.25, 0.3) is 0 Å². The van der Waals surface area contributed by atoms with E-state index in [2.05, 4.69) is 4.98 Å². The van der Waals surface area contributed by atoms with Crippen LogP contribution in [0.15, 0.2) is 24.3 Å². The second kappa shape index (κ2) is 5.37. The lowest BCUT2D eigenvalue weighted by atomic mass is 10.2. The van der Waals surface area contributed by atoms with Gasteiger partial charge in [-0.3, -0.25) is 0 Å². The van der Waals surface area contributed by atoms with Crippen LogP contribution in [0.2, 0.25) is 0 Å². The van der Waals surface area contributed by atoms with Crippen molar-refractivity contribution in [3.8, 4) is 17.6 Å². The molecule has 4 nitrogen and oxygen atoms in total. The first-order valence-corrected chi connectivity index (χ1v) is 5.89. The summed E-state index contributed by atoms with van der Waals surface area (Å²) in [5, 5.41) is 9.77. The molecule has 1 aromatic heterocycles. The maximum absolute atomic E-state index is 8.84. The molecule has 2 aromatic rings. The third kappa shape index (κ3) is 2.35. The summed E-state index contributed by atoms with van der Waals surface area (Å²) in [4.78, 5) is 4.24. The number of pyridine rings is 1. The van der Waals surface area contributed by atoms with Gasteiger partial charge >= 0.3 is 0 Å². The molecule has 0 spiro atoms. The fourth-order valence-corrected chi connectivity index (χ4v) is 1.73. The lowest BCUT2D eigenvalue weighted by molar-refractivity contribution is 0.288. The molecular formula is C14H14N2O2. The molecule has 1 aromatic carbocycles. The molecule has 18 heavy (non-hydrogen) atoms. The topological polar surface area (TPSA) is 55.1 Å². The van der Waals surface area contributed by atoms with Crippen LogP contribution >= 0.6 is 0 Å². The Bertz CT molecular complexity index is 603. The third-order valence-corrected chi connectivity index (χ3v) is 2.47. The van der Waals surface area contributed by atoms with Gasteiger partial charge in [0.05, 0.1) is 18.7 Å². The molecule has 0 radical (unpaired) electrons. The third-order valence-electron chi connectivity index (χ3n) is 2.47. The number of rotatable bonds is 4. The van der Waals surface area contributed by atoms with Gasteiger partial charge in [-0.25, -0.2) is 4.98 Å². The van der Waals surface area contributed by atoms with Gasteiger partial charge in [0.15, 0.2) is 11.5 Å². The zero-order valence-electron chi connectivity index (χ0n) is 10.4. The van der Waals surface area contributed by atoms with Gasteiger partial charge in [0.2, 0.25) is 0 Å².